The highest BCUT2D eigenvalue weighted by Gasteiger charge is 2.20. The minimum atomic E-state index is 0.462. The van der Waals surface area contributed by atoms with E-state index in [0.29, 0.717) is 28.9 Å². The number of pyridine rings is 1. The van der Waals surface area contributed by atoms with Crippen molar-refractivity contribution < 1.29 is 4.42 Å². The zero-order valence-corrected chi connectivity index (χ0v) is 33.2. The van der Waals surface area contributed by atoms with E-state index in [1.807, 2.05) is 30.3 Å². The van der Waals surface area contributed by atoms with Gasteiger partial charge in [-0.1, -0.05) is 146 Å². The minimum Gasteiger partial charge on any atom is -0.438 e. The Labute approximate surface area is 355 Å². The van der Waals surface area contributed by atoms with E-state index in [9.17, 15) is 0 Å². The molecule has 0 bridgehead atoms. The fourth-order valence-corrected chi connectivity index (χ4v) is 9.36. The van der Waals surface area contributed by atoms with E-state index in [2.05, 4.69) is 174 Å². The predicted molar refractivity (Wildman–Crippen MR) is 254 cm³/mol. The monoisotopic (exact) mass is 791 g/mol. The molecule has 62 heavy (non-hydrogen) atoms. The lowest BCUT2D eigenvalue weighted by molar-refractivity contribution is 0.654. The zero-order valence-electron chi connectivity index (χ0n) is 33.2. The van der Waals surface area contributed by atoms with E-state index in [4.69, 9.17) is 24.4 Å². The molecule has 0 radical (unpaired) electrons. The molecule has 6 nitrogen and oxygen atoms in total. The smallest absolute Gasteiger partial charge is 0.227 e. The van der Waals surface area contributed by atoms with Crippen molar-refractivity contribution >= 4 is 76.2 Å². The molecule has 4 heterocycles. The highest BCUT2D eigenvalue weighted by atomic mass is 16.3. The van der Waals surface area contributed by atoms with Gasteiger partial charge in [-0.3, -0.25) is 0 Å². The number of nitrogens with zero attached hydrogens (tertiary/aromatic N) is 5. The van der Waals surface area contributed by atoms with Gasteiger partial charge in [-0.05, 0) is 92.7 Å². The number of hydrogen-bond acceptors (Lipinski definition) is 5. The van der Waals surface area contributed by atoms with Crippen LogP contribution in [0.5, 0.6) is 0 Å². The second-order valence-electron chi connectivity index (χ2n) is 15.8. The highest BCUT2D eigenvalue weighted by Crippen LogP contribution is 2.40. The van der Waals surface area contributed by atoms with Crippen LogP contribution in [0, 0.1) is 0 Å². The highest BCUT2D eigenvalue weighted by molar-refractivity contribution is 6.15. The Morgan fingerprint density at radius 3 is 1.90 bits per heavy atom. The molecule has 0 aliphatic rings. The summed E-state index contributed by atoms with van der Waals surface area (Å²) in [4.78, 5) is 20.8. The van der Waals surface area contributed by atoms with E-state index < -0.39 is 0 Å². The van der Waals surface area contributed by atoms with Gasteiger partial charge in [-0.25, -0.2) is 19.9 Å². The second-order valence-corrected chi connectivity index (χ2v) is 15.8. The van der Waals surface area contributed by atoms with Crippen LogP contribution < -0.4 is 0 Å². The van der Waals surface area contributed by atoms with Crippen LogP contribution in [0.15, 0.2) is 205 Å². The van der Waals surface area contributed by atoms with Crippen LogP contribution in [0.2, 0.25) is 0 Å². The Morgan fingerprint density at radius 1 is 0.339 bits per heavy atom. The molecule has 0 aliphatic heterocycles. The molecule has 9 aromatic carbocycles. The van der Waals surface area contributed by atoms with Crippen LogP contribution >= 0.6 is 0 Å². The Kier molecular flexibility index (Phi) is 7.50. The summed E-state index contributed by atoms with van der Waals surface area (Å²) in [6.45, 7) is 0. The lowest BCUT2D eigenvalue weighted by Crippen LogP contribution is -2.02. The van der Waals surface area contributed by atoms with E-state index in [-0.39, 0.29) is 0 Å². The van der Waals surface area contributed by atoms with Crippen molar-refractivity contribution in [1.29, 1.82) is 0 Å². The maximum atomic E-state index is 6.26. The van der Waals surface area contributed by atoms with Gasteiger partial charge in [0.25, 0.3) is 0 Å². The molecule has 288 valence electrons. The van der Waals surface area contributed by atoms with Gasteiger partial charge in [0.1, 0.15) is 11.3 Å². The molecular weight excluding hydrogens is 759 g/mol. The first-order chi connectivity index (χ1) is 30.7. The van der Waals surface area contributed by atoms with E-state index in [1.54, 1.807) is 0 Å². The molecule has 13 aromatic rings. The van der Waals surface area contributed by atoms with Crippen molar-refractivity contribution in [3.63, 3.8) is 0 Å². The number of aromatic nitrogens is 5. The number of furan rings is 1. The van der Waals surface area contributed by atoms with Gasteiger partial charge >= 0.3 is 0 Å². The fraction of sp³-hybridized carbons (Fsp3) is 0. The third-order valence-corrected chi connectivity index (χ3v) is 12.2. The third kappa shape index (κ3) is 5.37. The van der Waals surface area contributed by atoms with Crippen LogP contribution in [0.25, 0.3) is 127 Å². The second kappa shape index (κ2) is 13.5. The van der Waals surface area contributed by atoms with Gasteiger partial charge < -0.3 is 8.98 Å². The third-order valence-electron chi connectivity index (χ3n) is 12.2. The van der Waals surface area contributed by atoms with Gasteiger partial charge in [0, 0.05) is 38.1 Å². The summed E-state index contributed by atoms with van der Waals surface area (Å²) >= 11 is 0. The minimum absolute atomic E-state index is 0.462. The Balaban J connectivity index is 1.06. The van der Waals surface area contributed by atoms with E-state index in [0.717, 1.165) is 76.9 Å². The summed E-state index contributed by atoms with van der Waals surface area (Å²) in [5, 5.41) is 11.2. The average molecular weight is 792 g/mol. The molecule has 0 unspecified atom stereocenters. The van der Waals surface area contributed by atoms with Crippen molar-refractivity contribution in [1.82, 2.24) is 24.5 Å². The van der Waals surface area contributed by atoms with Crippen molar-refractivity contribution in [2.75, 3.05) is 0 Å². The van der Waals surface area contributed by atoms with Crippen molar-refractivity contribution in [2.24, 2.45) is 0 Å². The molecule has 0 saturated carbocycles. The summed E-state index contributed by atoms with van der Waals surface area (Å²) in [6, 6.07) is 70.2. The van der Waals surface area contributed by atoms with Gasteiger partial charge in [-0.15, -0.1) is 0 Å². The SMILES string of the molecule is c1ccc(-c2cc(-c3nc(-c4ccc5c(n4)oc4ccccc45)nc(-c4cccc5c(-n6c7ccccc7c7cc8ccccc8cc76)cccc45)n3)cc3ccccc23)cc1. The number of benzene rings is 9. The average Bonchev–Trinajstić information content (AvgIpc) is 3.87. The van der Waals surface area contributed by atoms with Gasteiger partial charge in [0.2, 0.25) is 5.71 Å². The van der Waals surface area contributed by atoms with Crippen LogP contribution in [0.3, 0.4) is 0 Å². The molecule has 0 N–H and O–H groups in total. The summed E-state index contributed by atoms with van der Waals surface area (Å²) < 4.78 is 8.67. The molecule has 6 heteroatoms. The molecule has 13 rings (SSSR count). The molecule has 0 atom stereocenters. The maximum absolute atomic E-state index is 6.26. The summed E-state index contributed by atoms with van der Waals surface area (Å²) in [5.41, 5.74) is 9.33. The number of hydrogen-bond donors (Lipinski definition) is 0. The lowest BCUT2D eigenvalue weighted by atomic mass is 9.95. The molecule has 4 aromatic heterocycles. The summed E-state index contributed by atoms with van der Waals surface area (Å²) in [6.07, 6.45) is 0. The standard InChI is InChI=1S/C56H33N5O/c1-2-14-34(15-3-1)46-32-38(30-37-18-6-7-19-39(37)46)53-58-54(60-55(59-53)48-29-28-45-43-21-9-11-27-52(43)62-56(45)57-48)44-24-12-23-41-40(44)22-13-26-50(41)61-49-25-10-8-20-42(49)47-31-35-16-4-5-17-36(35)33-51(47)61/h1-33H. The number of para-hydroxylation sites is 2. The quantitative estimate of drug-likeness (QED) is 0.174. The lowest BCUT2D eigenvalue weighted by Gasteiger charge is -2.15. The summed E-state index contributed by atoms with van der Waals surface area (Å²) in [5.74, 6) is 1.58. The zero-order chi connectivity index (χ0) is 40.7. The maximum Gasteiger partial charge on any atom is 0.227 e. The fourth-order valence-electron chi connectivity index (χ4n) is 9.36. The first kappa shape index (κ1) is 34.4. The van der Waals surface area contributed by atoms with Gasteiger partial charge in [0.15, 0.2) is 17.5 Å². The Bertz CT molecular complexity index is 3940. The van der Waals surface area contributed by atoms with Crippen LogP contribution in [-0.4, -0.2) is 24.5 Å². The van der Waals surface area contributed by atoms with Crippen molar-refractivity contribution in [3.05, 3.63) is 200 Å². The van der Waals surface area contributed by atoms with Crippen LogP contribution in [-0.2, 0) is 0 Å². The largest absolute Gasteiger partial charge is 0.438 e. The molecule has 0 amide bonds. The summed E-state index contributed by atoms with van der Waals surface area (Å²) in [7, 11) is 0. The first-order valence-corrected chi connectivity index (χ1v) is 20.8. The molecule has 0 saturated heterocycles. The van der Waals surface area contributed by atoms with E-state index in [1.165, 1.54) is 21.5 Å². The predicted octanol–water partition coefficient (Wildman–Crippen LogP) is 14.4. The number of rotatable bonds is 5. The Hall–Kier alpha value is -8.48. The molecular formula is C56H33N5O. The van der Waals surface area contributed by atoms with Crippen molar-refractivity contribution in [3.8, 4) is 51.1 Å². The number of fused-ring (bicyclic) bond motifs is 9. The Morgan fingerprint density at radius 2 is 1.02 bits per heavy atom. The van der Waals surface area contributed by atoms with E-state index >= 15 is 0 Å². The van der Waals surface area contributed by atoms with Crippen LogP contribution in [0.4, 0.5) is 0 Å². The molecule has 0 fully saturated rings. The molecule has 0 spiro atoms. The molecule has 0 aliphatic carbocycles. The van der Waals surface area contributed by atoms with Gasteiger partial charge in [0.05, 0.1) is 16.7 Å². The van der Waals surface area contributed by atoms with Crippen molar-refractivity contribution in [2.45, 2.75) is 0 Å². The first-order valence-electron chi connectivity index (χ1n) is 20.8. The van der Waals surface area contributed by atoms with Crippen LogP contribution in [0.1, 0.15) is 0 Å². The van der Waals surface area contributed by atoms with Gasteiger partial charge in [-0.2, -0.15) is 0 Å². The topological polar surface area (TPSA) is 69.6 Å². The normalized spacial score (nSPS) is 11.9.